The van der Waals surface area contributed by atoms with E-state index in [9.17, 15) is 4.79 Å². The van der Waals surface area contributed by atoms with E-state index in [0.717, 1.165) is 28.1 Å². The van der Waals surface area contributed by atoms with Gasteiger partial charge in [0.1, 0.15) is 11.1 Å². The van der Waals surface area contributed by atoms with Crippen LogP contribution in [0.2, 0.25) is 0 Å². The standard InChI is InChI=1S/C21H26N2O4S/c1-13-7-6-8-16(14(13)2)22-21(24)23-9-10-28-20(23)15-11-18(26-4)19(27-5)12-17(15)25-3/h6-8,11-12,20H,9-10H2,1-5H3,(H,22,24). The van der Waals surface area contributed by atoms with E-state index in [1.807, 2.05) is 43.0 Å². The van der Waals surface area contributed by atoms with Gasteiger partial charge in [0, 0.05) is 29.6 Å². The smallest absolute Gasteiger partial charge is 0.323 e. The number of hydrogen-bond acceptors (Lipinski definition) is 5. The number of ether oxygens (including phenoxy) is 3. The molecule has 0 bridgehead atoms. The second kappa shape index (κ2) is 8.65. The fraction of sp³-hybridized carbons (Fsp3) is 0.381. The van der Waals surface area contributed by atoms with Crippen molar-refractivity contribution >= 4 is 23.5 Å². The molecule has 150 valence electrons. The van der Waals surface area contributed by atoms with Crippen LogP contribution in [0.25, 0.3) is 0 Å². The van der Waals surface area contributed by atoms with Crippen LogP contribution in [0.5, 0.6) is 17.2 Å². The predicted octanol–water partition coefficient (Wildman–Crippen LogP) is 4.61. The Morgan fingerprint density at radius 3 is 2.43 bits per heavy atom. The van der Waals surface area contributed by atoms with Crippen LogP contribution in [0.3, 0.4) is 0 Å². The van der Waals surface area contributed by atoms with E-state index in [0.29, 0.717) is 23.8 Å². The zero-order valence-electron chi connectivity index (χ0n) is 16.9. The molecule has 2 aromatic rings. The highest BCUT2D eigenvalue weighted by Gasteiger charge is 2.34. The molecule has 1 aliphatic rings. The average Bonchev–Trinajstić information content (AvgIpc) is 3.20. The van der Waals surface area contributed by atoms with Crippen LogP contribution >= 0.6 is 11.8 Å². The van der Waals surface area contributed by atoms with E-state index in [1.54, 1.807) is 39.2 Å². The van der Waals surface area contributed by atoms with Gasteiger partial charge in [-0.15, -0.1) is 11.8 Å². The molecule has 1 heterocycles. The Labute approximate surface area is 170 Å². The Balaban J connectivity index is 1.90. The van der Waals surface area contributed by atoms with Crippen molar-refractivity contribution in [1.29, 1.82) is 0 Å². The van der Waals surface area contributed by atoms with Crippen molar-refractivity contribution in [2.24, 2.45) is 0 Å². The number of urea groups is 1. The maximum atomic E-state index is 13.0. The molecule has 0 aromatic heterocycles. The van der Waals surface area contributed by atoms with Crippen molar-refractivity contribution in [2.45, 2.75) is 19.2 Å². The van der Waals surface area contributed by atoms with Gasteiger partial charge in [0.2, 0.25) is 0 Å². The van der Waals surface area contributed by atoms with Gasteiger partial charge in [0.05, 0.1) is 21.3 Å². The lowest BCUT2D eigenvalue weighted by atomic mass is 10.1. The molecule has 0 radical (unpaired) electrons. The van der Waals surface area contributed by atoms with Crippen molar-refractivity contribution in [3.05, 3.63) is 47.0 Å². The number of amides is 2. The number of carbonyl (C=O) groups is 1. The number of benzene rings is 2. The van der Waals surface area contributed by atoms with Gasteiger partial charge in [-0.3, -0.25) is 0 Å². The minimum absolute atomic E-state index is 0.125. The van der Waals surface area contributed by atoms with E-state index in [2.05, 4.69) is 5.32 Å². The maximum Gasteiger partial charge on any atom is 0.323 e. The van der Waals surface area contributed by atoms with Gasteiger partial charge in [0.15, 0.2) is 11.5 Å². The number of anilines is 1. The van der Waals surface area contributed by atoms with Crippen molar-refractivity contribution < 1.29 is 19.0 Å². The van der Waals surface area contributed by atoms with E-state index in [1.165, 1.54) is 0 Å². The van der Waals surface area contributed by atoms with Crippen LogP contribution in [0.4, 0.5) is 10.5 Å². The van der Waals surface area contributed by atoms with Crippen LogP contribution in [-0.4, -0.2) is 44.6 Å². The molecular weight excluding hydrogens is 376 g/mol. The van der Waals surface area contributed by atoms with E-state index >= 15 is 0 Å². The summed E-state index contributed by atoms with van der Waals surface area (Å²) < 4.78 is 16.4. The van der Waals surface area contributed by atoms with Gasteiger partial charge < -0.3 is 24.4 Å². The molecule has 6 nitrogen and oxygen atoms in total. The fourth-order valence-electron chi connectivity index (χ4n) is 3.25. The largest absolute Gasteiger partial charge is 0.496 e. The fourth-order valence-corrected chi connectivity index (χ4v) is 4.53. The minimum Gasteiger partial charge on any atom is -0.496 e. The number of hydrogen-bond donors (Lipinski definition) is 1. The average molecular weight is 403 g/mol. The summed E-state index contributed by atoms with van der Waals surface area (Å²) in [4.78, 5) is 14.9. The molecular formula is C21H26N2O4S. The summed E-state index contributed by atoms with van der Waals surface area (Å²) in [5, 5.41) is 2.89. The molecule has 1 fully saturated rings. The van der Waals surface area contributed by atoms with Crippen molar-refractivity contribution in [1.82, 2.24) is 4.90 Å². The van der Waals surface area contributed by atoms with Gasteiger partial charge >= 0.3 is 6.03 Å². The number of thioether (sulfide) groups is 1. The minimum atomic E-state index is -0.167. The lowest BCUT2D eigenvalue weighted by molar-refractivity contribution is 0.213. The predicted molar refractivity (Wildman–Crippen MR) is 113 cm³/mol. The first-order valence-corrected chi connectivity index (χ1v) is 10.1. The Kier molecular flexibility index (Phi) is 6.24. The summed E-state index contributed by atoms with van der Waals surface area (Å²) in [6.07, 6.45) is 0. The highest BCUT2D eigenvalue weighted by Crippen LogP contribution is 2.46. The lowest BCUT2D eigenvalue weighted by Crippen LogP contribution is -2.34. The Hall–Kier alpha value is -2.54. The monoisotopic (exact) mass is 402 g/mol. The summed E-state index contributed by atoms with van der Waals surface area (Å²) >= 11 is 1.70. The van der Waals surface area contributed by atoms with E-state index < -0.39 is 0 Å². The second-order valence-corrected chi connectivity index (χ2v) is 7.73. The summed E-state index contributed by atoms with van der Waals surface area (Å²) in [6, 6.07) is 9.47. The van der Waals surface area contributed by atoms with Crippen molar-refractivity contribution in [3.63, 3.8) is 0 Å². The highest BCUT2D eigenvalue weighted by atomic mass is 32.2. The van der Waals surface area contributed by atoms with Crippen LogP contribution < -0.4 is 19.5 Å². The van der Waals surface area contributed by atoms with Gasteiger partial charge in [-0.05, 0) is 37.1 Å². The highest BCUT2D eigenvalue weighted by molar-refractivity contribution is 7.99. The third kappa shape index (κ3) is 3.85. The first kappa shape index (κ1) is 20.2. The Morgan fingerprint density at radius 2 is 1.75 bits per heavy atom. The molecule has 1 atom stereocenters. The molecule has 1 N–H and O–H groups in total. The quantitative estimate of drug-likeness (QED) is 0.791. The van der Waals surface area contributed by atoms with Gasteiger partial charge in [-0.1, -0.05) is 12.1 Å². The Morgan fingerprint density at radius 1 is 1.07 bits per heavy atom. The van der Waals surface area contributed by atoms with Crippen molar-refractivity contribution in [3.8, 4) is 17.2 Å². The molecule has 7 heteroatoms. The van der Waals surface area contributed by atoms with E-state index in [4.69, 9.17) is 14.2 Å². The number of aryl methyl sites for hydroxylation is 1. The zero-order valence-corrected chi connectivity index (χ0v) is 17.7. The number of methoxy groups -OCH3 is 3. The number of rotatable bonds is 5. The first-order valence-electron chi connectivity index (χ1n) is 9.05. The summed E-state index contributed by atoms with van der Waals surface area (Å²) in [5.74, 6) is 2.72. The van der Waals surface area contributed by atoms with Gasteiger partial charge in [0.25, 0.3) is 0 Å². The summed E-state index contributed by atoms with van der Waals surface area (Å²) in [5.41, 5.74) is 3.94. The molecule has 1 saturated heterocycles. The number of carbonyl (C=O) groups excluding carboxylic acids is 1. The lowest BCUT2D eigenvalue weighted by Gasteiger charge is -2.27. The SMILES string of the molecule is COc1cc(OC)c(C2SCCN2C(=O)Nc2cccc(C)c2C)cc1OC. The molecule has 2 aromatic carbocycles. The normalized spacial score (nSPS) is 16.0. The number of nitrogens with zero attached hydrogens (tertiary/aromatic N) is 1. The number of nitrogens with one attached hydrogen (secondary N) is 1. The van der Waals surface area contributed by atoms with Gasteiger partial charge in [-0.25, -0.2) is 4.79 Å². The molecule has 0 aliphatic carbocycles. The second-order valence-electron chi connectivity index (χ2n) is 6.54. The third-order valence-electron chi connectivity index (χ3n) is 5.00. The van der Waals surface area contributed by atoms with Crippen LogP contribution in [0.1, 0.15) is 22.1 Å². The summed E-state index contributed by atoms with van der Waals surface area (Å²) in [7, 11) is 4.80. The molecule has 0 spiro atoms. The molecule has 3 rings (SSSR count). The molecule has 1 aliphatic heterocycles. The zero-order chi connectivity index (χ0) is 20.3. The third-order valence-corrected chi connectivity index (χ3v) is 6.24. The van der Waals surface area contributed by atoms with E-state index in [-0.39, 0.29) is 11.4 Å². The maximum absolute atomic E-state index is 13.0. The topological polar surface area (TPSA) is 60.0 Å². The Bertz CT molecular complexity index is 872. The van der Waals surface area contributed by atoms with Crippen LogP contribution in [-0.2, 0) is 0 Å². The summed E-state index contributed by atoms with van der Waals surface area (Å²) in [6.45, 7) is 4.70. The molecule has 1 unspecified atom stereocenters. The first-order chi connectivity index (χ1) is 13.5. The van der Waals surface area contributed by atoms with Crippen molar-refractivity contribution in [2.75, 3.05) is 38.9 Å². The van der Waals surface area contributed by atoms with Crippen LogP contribution in [0.15, 0.2) is 30.3 Å². The van der Waals surface area contributed by atoms with Crippen LogP contribution in [0, 0.1) is 13.8 Å². The molecule has 28 heavy (non-hydrogen) atoms. The van der Waals surface area contributed by atoms with Gasteiger partial charge in [-0.2, -0.15) is 0 Å². The molecule has 0 saturated carbocycles. The molecule has 2 amide bonds.